The normalized spacial score (nSPS) is 11.1. The van der Waals surface area contributed by atoms with E-state index in [4.69, 9.17) is 0 Å². The summed E-state index contributed by atoms with van der Waals surface area (Å²) in [5, 5.41) is 9.33. The van der Waals surface area contributed by atoms with E-state index in [2.05, 4.69) is 51.0 Å². The lowest BCUT2D eigenvalue weighted by atomic mass is 10.1. The molecule has 0 fully saturated rings. The van der Waals surface area contributed by atoms with Gasteiger partial charge in [0.2, 0.25) is 0 Å². The molecule has 0 bridgehead atoms. The number of carbonyl (C=O) groups is 1. The molecule has 6 heteroatoms. The smallest absolute Gasteiger partial charge is 0.252 e. The average molecular weight is 353 g/mol. The van der Waals surface area contributed by atoms with Crippen molar-refractivity contribution in [3.05, 3.63) is 65.5 Å². The van der Waals surface area contributed by atoms with Gasteiger partial charge in [0.25, 0.3) is 5.91 Å². The molecule has 2 aromatic rings. The van der Waals surface area contributed by atoms with Gasteiger partial charge >= 0.3 is 0 Å². The fourth-order valence-electron chi connectivity index (χ4n) is 2.52. The molecule has 0 saturated heterocycles. The van der Waals surface area contributed by atoms with E-state index in [0.717, 1.165) is 18.9 Å². The monoisotopic (exact) mass is 353 g/mol. The van der Waals surface area contributed by atoms with Gasteiger partial charge in [0.05, 0.1) is 12.1 Å². The molecule has 0 radical (unpaired) electrons. The van der Waals surface area contributed by atoms with Crippen LogP contribution in [0, 0.1) is 0 Å². The maximum Gasteiger partial charge on any atom is 0.252 e. The predicted molar refractivity (Wildman–Crippen MR) is 105 cm³/mol. The highest BCUT2D eigenvalue weighted by molar-refractivity contribution is 5.93. The summed E-state index contributed by atoms with van der Waals surface area (Å²) in [6.45, 7) is 6.68. The van der Waals surface area contributed by atoms with Crippen LogP contribution in [-0.4, -0.2) is 36.5 Å². The third kappa shape index (κ3) is 6.20. The number of guanidine groups is 1. The van der Waals surface area contributed by atoms with Crippen molar-refractivity contribution in [3.63, 3.8) is 0 Å². The minimum atomic E-state index is -0.126. The second-order valence-electron chi connectivity index (χ2n) is 5.74. The number of aromatic nitrogens is 1. The highest BCUT2D eigenvalue weighted by Gasteiger charge is 2.04. The molecule has 138 valence electrons. The van der Waals surface area contributed by atoms with Gasteiger partial charge in [0, 0.05) is 32.0 Å². The van der Waals surface area contributed by atoms with E-state index >= 15 is 0 Å². The Bertz CT molecular complexity index is 715. The first-order chi connectivity index (χ1) is 12.7. The molecule has 0 aliphatic carbocycles. The first-order valence-electron chi connectivity index (χ1n) is 9.01. The number of amides is 1. The van der Waals surface area contributed by atoms with Gasteiger partial charge in [0.1, 0.15) is 0 Å². The zero-order valence-electron chi connectivity index (χ0n) is 15.5. The number of hydrogen-bond acceptors (Lipinski definition) is 3. The van der Waals surface area contributed by atoms with Gasteiger partial charge in [-0.15, -0.1) is 0 Å². The van der Waals surface area contributed by atoms with Crippen molar-refractivity contribution >= 4 is 11.9 Å². The Kier molecular flexibility index (Phi) is 8.12. The zero-order chi connectivity index (χ0) is 18.6. The van der Waals surface area contributed by atoms with Crippen LogP contribution in [0.4, 0.5) is 0 Å². The van der Waals surface area contributed by atoms with Crippen LogP contribution >= 0.6 is 0 Å². The third-order valence-corrected chi connectivity index (χ3v) is 3.88. The average Bonchev–Trinajstić information content (AvgIpc) is 2.69. The Labute approximate surface area is 155 Å². The summed E-state index contributed by atoms with van der Waals surface area (Å²) in [6.07, 6.45) is 4.20. The number of nitrogens with zero attached hydrogens (tertiary/aromatic N) is 2. The Balaban J connectivity index is 1.83. The van der Waals surface area contributed by atoms with Crippen molar-refractivity contribution in [1.82, 2.24) is 20.9 Å². The van der Waals surface area contributed by atoms with E-state index in [1.54, 1.807) is 24.5 Å². The summed E-state index contributed by atoms with van der Waals surface area (Å²) >= 11 is 0. The van der Waals surface area contributed by atoms with Crippen LogP contribution in [0.15, 0.2) is 53.8 Å². The Morgan fingerprint density at radius 3 is 2.46 bits per heavy atom. The second-order valence-corrected chi connectivity index (χ2v) is 5.74. The summed E-state index contributed by atoms with van der Waals surface area (Å²) in [4.78, 5) is 20.6. The second kappa shape index (κ2) is 10.9. The van der Waals surface area contributed by atoms with Crippen molar-refractivity contribution in [3.8, 4) is 0 Å². The van der Waals surface area contributed by atoms with Gasteiger partial charge in [0.15, 0.2) is 5.96 Å². The standard InChI is InChI=1S/C20H27N5O/c1-3-16-8-5-6-9-17(16)15-25-20(22-4-2)24-13-12-23-19(26)18-10-7-11-21-14-18/h5-11,14H,3-4,12-13,15H2,1-2H3,(H,23,26)(H2,22,24,25). The van der Waals surface area contributed by atoms with Crippen molar-refractivity contribution in [2.45, 2.75) is 26.8 Å². The molecule has 1 heterocycles. The van der Waals surface area contributed by atoms with Crippen molar-refractivity contribution in [2.24, 2.45) is 4.99 Å². The lowest BCUT2D eigenvalue weighted by Gasteiger charge is -2.12. The van der Waals surface area contributed by atoms with E-state index in [1.165, 1.54) is 11.1 Å². The first-order valence-corrected chi connectivity index (χ1v) is 9.01. The number of hydrogen-bond donors (Lipinski definition) is 3. The summed E-state index contributed by atoms with van der Waals surface area (Å²) in [6, 6.07) is 11.8. The van der Waals surface area contributed by atoms with E-state index in [9.17, 15) is 4.79 Å². The lowest BCUT2D eigenvalue weighted by Crippen LogP contribution is -2.41. The summed E-state index contributed by atoms with van der Waals surface area (Å²) in [7, 11) is 0. The number of pyridine rings is 1. The molecule has 0 unspecified atom stereocenters. The molecule has 3 N–H and O–H groups in total. The van der Waals surface area contributed by atoms with Gasteiger partial charge in [-0.2, -0.15) is 0 Å². The molecule has 2 rings (SSSR count). The van der Waals surface area contributed by atoms with Crippen LogP contribution < -0.4 is 16.0 Å². The molecule has 0 aliphatic heterocycles. The van der Waals surface area contributed by atoms with Crippen molar-refractivity contribution in [2.75, 3.05) is 19.6 Å². The van der Waals surface area contributed by atoms with Gasteiger partial charge in [-0.05, 0) is 36.6 Å². The minimum absolute atomic E-state index is 0.126. The maximum absolute atomic E-state index is 12.0. The minimum Gasteiger partial charge on any atom is -0.357 e. The van der Waals surface area contributed by atoms with Crippen LogP contribution in [0.3, 0.4) is 0 Å². The molecule has 26 heavy (non-hydrogen) atoms. The van der Waals surface area contributed by atoms with E-state index < -0.39 is 0 Å². The number of carbonyl (C=O) groups excluding carboxylic acids is 1. The number of benzene rings is 1. The van der Waals surface area contributed by atoms with E-state index in [0.29, 0.717) is 25.2 Å². The van der Waals surface area contributed by atoms with Crippen molar-refractivity contribution < 1.29 is 4.79 Å². The SMILES string of the molecule is CCNC(=NCc1ccccc1CC)NCCNC(=O)c1cccnc1. The molecule has 0 saturated carbocycles. The van der Waals surface area contributed by atoms with Crippen LogP contribution in [0.2, 0.25) is 0 Å². The quantitative estimate of drug-likeness (QED) is 0.386. The third-order valence-electron chi connectivity index (χ3n) is 3.88. The number of aryl methyl sites for hydroxylation is 1. The Morgan fingerprint density at radius 1 is 1.00 bits per heavy atom. The van der Waals surface area contributed by atoms with Crippen LogP contribution in [-0.2, 0) is 13.0 Å². The van der Waals surface area contributed by atoms with Gasteiger partial charge < -0.3 is 16.0 Å². The summed E-state index contributed by atoms with van der Waals surface area (Å²) in [5.74, 6) is 0.618. The molecule has 1 aromatic carbocycles. The fourth-order valence-corrected chi connectivity index (χ4v) is 2.52. The van der Waals surface area contributed by atoms with Gasteiger partial charge in [-0.3, -0.25) is 9.78 Å². The Hall–Kier alpha value is -2.89. The van der Waals surface area contributed by atoms with Crippen LogP contribution in [0.25, 0.3) is 0 Å². The summed E-state index contributed by atoms with van der Waals surface area (Å²) in [5.41, 5.74) is 3.11. The molecule has 0 spiro atoms. The molecular formula is C20H27N5O. The molecular weight excluding hydrogens is 326 g/mol. The van der Waals surface area contributed by atoms with E-state index in [1.807, 2.05) is 13.0 Å². The number of aliphatic imine (C=N–C) groups is 1. The summed E-state index contributed by atoms with van der Waals surface area (Å²) < 4.78 is 0. The number of nitrogens with one attached hydrogen (secondary N) is 3. The van der Waals surface area contributed by atoms with Gasteiger partial charge in [-0.1, -0.05) is 31.2 Å². The molecule has 0 atom stereocenters. The zero-order valence-corrected chi connectivity index (χ0v) is 15.5. The lowest BCUT2D eigenvalue weighted by molar-refractivity contribution is 0.0954. The fraction of sp³-hybridized carbons (Fsp3) is 0.350. The van der Waals surface area contributed by atoms with Crippen LogP contribution in [0.1, 0.15) is 35.3 Å². The topological polar surface area (TPSA) is 78.4 Å². The molecule has 1 amide bonds. The van der Waals surface area contributed by atoms with Crippen molar-refractivity contribution in [1.29, 1.82) is 0 Å². The molecule has 1 aromatic heterocycles. The highest BCUT2D eigenvalue weighted by atomic mass is 16.1. The molecule has 0 aliphatic rings. The predicted octanol–water partition coefficient (Wildman–Crippen LogP) is 2.13. The van der Waals surface area contributed by atoms with Crippen LogP contribution in [0.5, 0.6) is 0 Å². The molecule has 6 nitrogen and oxygen atoms in total. The first kappa shape index (κ1) is 19.4. The Morgan fingerprint density at radius 2 is 1.77 bits per heavy atom. The maximum atomic E-state index is 12.0. The van der Waals surface area contributed by atoms with E-state index in [-0.39, 0.29) is 5.91 Å². The number of rotatable bonds is 8. The highest BCUT2D eigenvalue weighted by Crippen LogP contribution is 2.10. The largest absolute Gasteiger partial charge is 0.357 e. The van der Waals surface area contributed by atoms with Gasteiger partial charge in [-0.25, -0.2) is 4.99 Å².